The van der Waals surface area contributed by atoms with E-state index in [4.69, 9.17) is 5.11 Å². The van der Waals surface area contributed by atoms with Gasteiger partial charge < -0.3 is 10.4 Å². The first-order valence-corrected chi connectivity index (χ1v) is 9.43. The van der Waals surface area contributed by atoms with E-state index < -0.39 is 6.09 Å². The van der Waals surface area contributed by atoms with Crippen molar-refractivity contribution < 1.29 is 9.90 Å². The lowest BCUT2D eigenvalue weighted by Gasteiger charge is -2.26. The van der Waals surface area contributed by atoms with Crippen LogP contribution in [0, 0.1) is 0 Å². The second-order valence-corrected chi connectivity index (χ2v) is 6.57. The minimum absolute atomic E-state index is 0.506. The molecule has 1 amide bonds. The molecule has 142 valence electrons. The van der Waals surface area contributed by atoms with Gasteiger partial charge in [0.1, 0.15) is 0 Å². The number of hydrogen-bond acceptors (Lipinski definition) is 3. The van der Waals surface area contributed by atoms with Gasteiger partial charge in [0.15, 0.2) is 0 Å². The number of nitrogens with zero attached hydrogens (tertiary/aromatic N) is 3. The number of carbonyl (C=O) groups is 1. The molecule has 2 heterocycles. The summed E-state index contributed by atoms with van der Waals surface area (Å²) >= 11 is 0. The van der Waals surface area contributed by atoms with Crippen LogP contribution in [-0.2, 0) is 6.42 Å². The highest BCUT2D eigenvalue weighted by Crippen LogP contribution is 2.23. The Labute approximate surface area is 159 Å². The van der Waals surface area contributed by atoms with Gasteiger partial charge in [-0.1, -0.05) is 13.0 Å². The summed E-state index contributed by atoms with van der Waals surface area (Å²) in [6, 6.07) is 12.8. The molecule has 6 nitrogen and oxygen atoms in total. The van der Waals surface area contributed by atoms with Crippen LogP contribution >= 0.6 is 0 Å². The van der Waals surface area contributed by atoms with Crippen molar-refractivity contribution in [3.63, 3.8) is 0 Å². The minimum Gasteiger partial charge on any atom is -0.465 e. The number of rotatable bonds is 9. The summed E-state index contributed by atoms with van der Waals surface area (Å²) in [5, 5.41) is 14.5. The Morgan fingerprint density at radius 3 is 2.74 bits per heavy atom. The van der Waals surface area contributed by atoms with Gasteiger partial charge in [-0.3, -0.25) is 14.7 Å². The van der Waals surface area contributed by atoms with Crippen LogP contribution in [0.4, 0.5) is 10.5 Å². The number of aromatic nitrogens is 2. The molecular formula is C21H26N4O2. The van der Waals surface area contributed by atoms with Crippen molar-refractivity contribution in [2.24, 2.45) is 0 Å². The Balaban J connectivity index is 1.73. The Morgan fingerprint density at radius 1 is 1.19 bits per heavy atom. The third-order valence-electron chi connectivity index (χ3n) is 4.56. The first-order valence-electron chi connectivity index (χ1n) is 9.43. The van der Waals surface area contributed by atoms with E-state index in [1.165, 1.54) is 16.5 Å². The van der Waals surface area contributed by atoms with Crippen molar-refractivity contribution in [3.05, 3.63) is 60.6 Å². The van der Waals surface area contributed by atoms with Crippen LogP contribution in [0.25, 0.3) is 10.9 Å². The lowest BCUT2D eigenvalue weighted by molar-refractivity contribution is 0.194. The molecule has 0 aliphatic rings. The van der Waals surface area contributed by atoms with Crippen molar-refractivity contribution in [2.75, 3.05) is 18.1 Å². The minimum atomic E-state index is -0.955. The molecule has 3 aromatic rings. The maximum absolute atomic E-state index is 10.5. The first kappa shape index (κ1) is 18.8. The second kappa shape index (κ2) is 9.07. The predicted octanol–water partition coefficient (Wildman–Crippen LogP) is 4.31. The molecule has 0 spiro atoms. The van der Waals surface area contributed by atoms with E-state index in [9.17, 15) is 4.79 Å². The van der Waals surface area contributed by atoms with Gasteiger partial charge in [-0.15, -0.1) is 0 Å². The SMILES string of the molecule is CCCN(c1ccncc1)n1ccc2cc(CCCCNC(=O)O)ccc21. The van der Waals surface area contributed by atoms with Crippen LogP contribution in [0.2, 0.25) is 0 Å². The van der Waals surface area contributed by atoms with Crippen LogP contribution in [0.3, 0.4) is 0 Å². The highest BCUT2D eigenvalue weighted by molar-refractivity contribution is 5.81. The summed E-state index contributed by atoms with van der Waals surface area (Å²) in [6.45, 7) is 3.61. The standard InChI is InChI=1S/C21H26N4O2/c1-2-14-24(19-8-12-22-13-9-19)25-15-10-18-16-17(6-7-20(18)25)5-3-4-11-23-21(26)27/h6-10,12-13,15-16,23H,2-5,11,14H2,1H3,(H,26,27). The molecule has 0 atom stereocenters. The summed E-state index contributed by atoms with van der Waals surface area (Å²) in [7, 11) is 0. The number of hydrogen-bond donors (Lipinski definition) is 2. The van der Waals surface area contributed by atoms with Gasteiger partial charge in [0, 0.05) is 37.1 Å². The maximum atomic E-state index is 10.5. The molecule has 0 saturated heterocycles. The quantitative estimate of drug-likeness (QED) is 0.554. The van der Waals surface area contributed by atoms with E-state index in [1.807, 2.05) is 24.5 Å². The molecule has 0 aliphatic carbocycles. The molecule has 1 aromatic carbocycles. The van der Waals surface area contributed by atoms with Gasteiger partial charge in [0.2, 0.25) is 0 Å². The third-order valence-corrected chi connectivity index (χ3v) is 4.56. The highest BCUT2D eigenvalue weighted by Gasteiger charge is 2.11. The highest BCUT2D eigenvalue weighted by atomic mass is 16.4. The molecule has 0 saturated carbocycles. The van der Waals surface area contributed by atoms with Crippen LogP contribution in [0.1, 0.15) is 31.7 Å². The molecule has 2 N–H and O–H groups in total. The molecule has 6 heteroatoms. The normalized spacial score (nSPS) is 10.9. The molecular weight excluding hydrogens is 340 g/mol. The average molecular weight is 366 g/mol. The molecule has 0 radical (unpaired) electrons. The zero-order valence-electron chi connectivity index (χ0n) is 15.6. The Morgan fingerprint density at radius 2 is 2.00 bits per heavy atom. The number of amides is 1. The fourth-order valence-corrected chi connectivity index (χ4v) is 3.28. The third kappa shape index (κ3) is 4.78. The zero-order valence-corrected chi connectivity index (χ0v) is 15.6. The molecule has 0 bridgehead atoms. The van der Waals surface area contributed by atoms with E-state index in [0.717, 1.165) is 37.9 Å². The fraction of sp³-hybridized carbons (Fsp3) is 0.333. The molecule has 0 fully saturated rings. The molecule has 3 rings (SSSR count). The molecule has 27 heavy (non-hydrogen) atoms. The van der Waals surface area contributed by atoms with Gasteiger partial charge >= 0.3 is 6.09 Å². The average Bonchev–Trinajstić information content (AvgIpc) is 3.09. The van der Waals surface area contributed by atoms with Crippen molar-refractivity contribution in [2.45, 2.75) is 32.6 Å². The number of benzene rings is 1. The number of unbranched alkanes of at least 4 members (excludes halogenated alkanes) is 1. The molecule has 0 aliphatic heterocycles. The van der Waals surface area contributed by atoms with Crippen molar-refractivity contribution in [3.8, 4) is 0 Å². The van der Waals surface area contributed by atoms with Crippen LogP contribution in [0.15, 0.2) is 55.0 Å². The summed E-state index contributed by atoms with van der Waals surface area (Å²) in [5.41, 5.74) is 3.58. The number of carboxylic acid groups (broad SMARTS) is 1. The zero-order chi connectivity index (χ0) is 19.1. The Bertz CT molecular complexity index is 876. The predicted molar refractivity (Wildman–Crippen MR) is 108 cm³/mol. The number of pyridine rings is 1. The lowest BCUT2D eigenvalue weighted by atomic mass is 10.1. The number of fused-ring (bicyclic) bond motifs is 1. The van der Waals surface area contributed by atoms with Gasteiger partial charge in [-0.25, -0.2) is 4.79 Å². The van der Waals surface area contributed by atoms with Gasteiger partial charge in [-0.05, 0) is 61.6 Å². The summed E-state index contributed by atoms with van der Waals surface area (Å²) in [6.07, 6.45) is 8.60. The lowest BCUT2D eigenvalue weighted by Crippen LogP contribution is -2.29. The molecule has 0 unspecified atom stereocenters. The first-order chi connectivity index (χ1) is 13.2. The fourth-order valence-electron chi connectivity index (χ4n) is 3.28. The van der Waals surface area contributed by atoms with E-state index in [-0.39, 0.29) is 0 Å². The van der Waals surface area contributed by atoms with Crippen LogP contribution in [-0.4, -0.2) is 33.9 Å². The number of nitrogens with one attached hydrogen (secondary N) is 1. The van der Waals surface area contributed by atoms with Crippen molar-refractivity contribution in [1.29, 1.82) is 0 Å². The van der Waals surface area contributed by atoms with Crippen molar-refractivity contribution >= 4 is 22.7 Å². The number of aryl methyl sites for hydroxylation is 1. The summed E-state index contributed by atoms with van der Waals surface area (Å²) in [4.78, 5) is 14.6. The number of anilines is 1. The van der Waals surface area contributed by atoms with E-state index in [2.05, 4.69) is 57.4 Å². The maximum Gasteiger partial charge on any atom is 0.404 e. The molecule has 2 aromatic heterocycles. The van der Waals surface area contributed by atoms with Gasteiger partial charge in [0.25, 0.3) is 0 Å². The monoisotopic (exact) mass is 366 g/mol. The largest absolute Gasteiger partial charge is 0.465 e. The topological polar surface area (TPSA) is 70.4 Å². The Hall–Kier alpha value is -3.02. The smallest absolute Gasteiger partial charge is 0.404 e. The van der Waals surface area contributed by atoms with Gasteiger partial charge in [-0.2, -0.15) is 0 Å². The Kier molecular flexibility index (Phi) is 6.30. The van der Waals surface area contributed by atoms with Crippen LogP contribution in [0.5, 0.6) is 0 Å². The van der Waals surface area contributed by atoms with E-state index in [1.54, 1.807) is 0 Å². The van der Waals surface area contributed by atoms with E-state index in [0.29, 0.717) is 6.54 Å². The van der Waals surface area contributed by atoms with Gasteiger partial charge in [0.05, 0.1) is 11.2 Å². The van der Waals surface area contributed by atoms with E-state index >= 15 is 0 Å². The van der Waals surface area contributed by atoms with Crippen molar-refractivity contribution in [1.82, 2.24) is 15.0 Å². The second-order valence-electron chi connectivity index (χ2n) is 6.57. The summed E-state index contributed by atoms with van der Waals surface area (Å²) < 4.78 is 2.20. The summed E-state index contributed by atoms with van der Waals surface area (Å²) in [5.74, 6) is 0. The van der Waals surface area contributed by atoms with Crippen LogP contribution < -0.4 is 10.3 Å².